The Bertz CT molecular complexity index is 218. The van der Waals surface area contributed by atoms with Crippen molar-refractivity contribution in [3.63, 3.8) is 0 Å². The number of nitrogens with one attached hydrogen (secondary N) is 2. The van der Waals surface area contributed by atoms with Crippen LogP contribution in [0, 0.1) is 0 Å². The molecular formula is C10H18N2. The normalized spacial score (nSPS) is 17.7. The highest BCUT2D eigenvalue weighted by atomic mass is 15.1. The van der Waals surface area contributed by atoms with Crippen LogP contribution in [0.15, 0.2) is 23.5 Å². The van der Waals surface area contributed by atoms with Crippen molar-refractivity contribution in [1.29, 1.82) is 0 Å². The van der Waals surface area contributed by atoms with Crippen molar-refractivity contribution >= 4 is 0 Å². The lowest BCUT2D eigenvalue weighted by molar-refractivity contribution is 0.452. The third-order valence-electron chi connectivity index (χ3n) is 1.66. The Balaban J connectivity index is 2.68. The van der Waals surface area contributed by atoms with E-state index in [9.17, 15) is 0 Å². The van der Waals surface area contributed by atoms with Gasteiger partial charge in [-0.05, 0) is 33.3 Å². The summed E-state index contributed by atoms with van der Waals surface area (Å²) in [5.41, 5.74) is 1.41. The molecule has 0 aliphatic carbocycles. The maximum Gasteiger partial charge on any atom is 0.102 e. The van der Waals surface area contributed by atoms with Gasteiger partial charge >= 0.3 is 0 Å². The van der Waals surface area contributed by atoms with Crippen molar-refractivity contribution in [1.82, 2.24) is 10.6 Å². The summed E-state index contributed by atoms with van der Waals surface area (Å²) in [6.45, 7) is 9.51. The number of allylic oxidation sites excluding steroid dienone is 2. The summed E-state index contributed by atoms with van der Waals surface area (Å²) >= 11 is 0. The van der Waals surface area contributed by atoms with E-state index in [-0.39, 0.29) is 5.54 Å². The van der Waals surface area contributed by atoms with Crippen LogP contribution in [0.2, 0.25) is 0 Å². The lowest BCUT2D eigenvalue weighted by atomic mass is 10.1. The fourth-order valence-electron chi connectivity index (χ4n) is 1.14. The third kappa shape index (κ3) is 2.61. The van der Waals surface area contributed by atoms with E-state index in [0.29, 0.717) is 0 Å². The van der Waals surface area contributed by atoms with Crippen LogP contribution in [0.1, 0.15) is 27.7 Å². The molecule has 68 valence electrons. The standard InChI is InChI=1S/C10H18N2/c1-8-6-5-7-11-9(8)12-10(2,3)4/h5-6,11-12H,7H2,1-4H3. The Morgan fingerprint density at radius 3 is 2.58 bits per heavy atom. The molecule has 0 atom stereocenters. The van der Waals surface area contributed by atoms with Crippen LogP contribution < -0.4 is 10.6 Å². The van der Waals surface area contributed by atoms with Crippen LogP contribution in [-0.2, 0) is 0 Å². The van der Waals surface area contributed by atoms with E-state index in [1.807, 2.05) is 0 Å². The van der Waals surface area contributed by atoms with Gasteiger partial charge < -0.3 is 10.6 Å². The zero-order valence-electron chi connectivity index (χ0n) is 8.36. The van der Waals surface area contributed by atoms with Gasteiger partial charge in [0.1, 0.15) is 5.82 Å². The minimum absolute atomic E-state index is 0.134. The van der Waals surface area contributed by atoms with Gasteiger partial charge in [-0.2, -0.15) is 0 Å². The predicted octanol–water partition coefficient (Wildman–Crippen LogP) is 1.77. The van der Waals surface area contributed by atoms with Crippen molar-refractivity contribution < 1.29 is 0 Å². The summed E-state index contributed by atoms with van der Waals surface area (Å²) in [4.78, 5) is 0. The minimum Gasteiger partial charge on any atom is -0.368 e. The molecule has 12 heavy (non-hydrogen) atoms. The number of hydrogen-bond donors (Lipinski definition) is 2. The fraction of sp³-hybridized carbons (Fsp3) is 0.600. The van der Waals surface area contributed by atoms with Gasteiger partial charge in [0.15, 0.2) is 0 Å². The van der Waals surface area contributed by atoms with Gasteiger partial charge in [-0.15, -0.1) is 0 Å². The lowest BCUT2D eigenvalue weighted by Gasteiger charge is -2.27. The molecule has 1 rings (SSSR count). The molecule has 0 saturated heterocycles. The maximum absolute atomic E-state index is 3.43. The zero-order valence-corrected chi connectivity index (χ0v) is 8.36. The Morgan fingerprint density at radius 1 is 1.42 bits per heavy atom. The predicted molar refractivity (Wildman–Crippen MR) is 52.7 cm³/mol. The number of dihydropyridines is 1. The van der Waals surface area contributed by atoms with Gasteiger partial charge in [0.05, 0.1) is 0 Å². The van der Waals surface area contributed by atoms with E-state index in [2.05, 4.69) is 50.5 Å². The Labute approximate surface area is 74.7 Å². The van der Waals surface area contributed by atoms with Crippen LogP contribution in [0.3, 0.4) is 0 Å². The van der Waals surface area contributed by atoms with Gasteiger partial charge in [-0.1, -0.05) is 12.2 Å². The largest absolute Gasteiger partial charge is 0.368 e. The second kappa shape index (κ2) is 3.21. The molecule has 2 N–H and O–H groups in total. The molecule has 0 aromatic heterocycles. The number of rotatable bonds is 1. The van der Waals surface area contributed by atoms with E-state index >= 15 is 0 Å². The summed E-state index contributed by atoms with van der Waals surface area (Å²) < 4.78 is 0. The van der Waals surface area contributed by atoms with E-state index in [0.717, 1.165) is 12.4 Å². The average Bonchev–Trinajstić information content (AvgIpc) is 1.91. The first kappa shape index (κ1) is 9.17. The van der Waals surface area contributed by atoms with Gasteiger partial charge in [0.2, 0.25) is 0 Å². The summed E-state index contributed by atoms with van der Waals surface area (Å²) in [7, 11) is 0. The minimum atomic E-state index is 0.134. The van der Waals surface area contributed by atoms with Crippen LogP contribution >= 0.6 is 0 Å². The quantitative estimate of drug-likeness (QED) is 0.620. The molecule has 0 spiro atoms. The molecule has 0 amide bonds. The Kier molecular flexibility index (Phi) is 2.46. The van der Waals surface area contributed by atoms with E-state index in [1.165, 1.54) is 5.57 Å². The van der Waals surface area contributed by atoms with Crippen LogP contribution in [-0.4, -0.2) is 12.1 Å². The van der Waals surface area contributed by atoms with Gasteiger partial charge in [0, 0.05) is 12.1 Å². The summed E-state index contributed by atoms with van der Waals surface area (Å²) in [6, 6.07) is 0. The van der Waals surface area contributed by atoms with Crippen molar-refractivity contribution in [3.8, 4) is 0 Å². The molecule has 0 aromatic carbocycles. The van der Waals surface area contributed by atoms with Crippen molar-refractivity contribution in [2.75, 3.05) is 6.54 Å². The molecule has 2 heteroatoms. The molecule has 2 nitrogen and oxygen atoms in total. The molecule has 0 unspecified atom stereocenters. The first-order valence-electron chi connectivity index (χ1n) is 4.38. The van der Waals surface area contributed by atoms with Crippen LogP contribution in [0.4, 0.5) is 0 Å². The zero-order chi connectivity index (χ0) is 9.19. The molecule has 1 aliphatic rings. The SMILES string of the molecule is CC1=C(NC(C)(C)C)NCC=C1. The highest BCUT2D eigenvalue weighted by Crippen LogP contribution is 2.09. The first-order valence-corrected chi connectivity index (χ1v) is 4.38. The van der Waals surface area contributed by atoms with Crippen molar-refractivity contribution in [3.05, 3.63) is 23.5 Å². The summed E-state index contributed by atoms with van der Waals surface area (Å²) in [6.07, 6.45) is 4.27. The monoisotopic (exact) mass is 166 g/mol. The highest BCUT2D eigenvalue weighted by Gasteiger charge is 2.12. The molecular weight excluding hydrogens is 148 g/mol. The van der Waals surface area contributed by atoms with E-state index < -0.39 is 0 Å². The number of hydrogen-bond acceptors (Lipinski definition) is 2. The smallest absolute Gasteiger partial charge is 0.102 e. The highest BCUT2D eigenvalue weighted by molar-refractivity contribution is 5.26. The van der Waals surface area contributed by atoms with Crippen molar-refractivity contribution in [2.45, 2.75) is 33.2 Å². The summed E-state index contributed by atoms with van der Waals surface area (Å²) in [5.74, 6) is 1.16. The second-order valence-electron chi connectivity index (χ2n) is 4.22. The van der Waals surface area contributed by atoms with E-state index in [4.69, 9.17) is 0 Å². The van der Waals surface area contributed by atoms with Gasteiger partial charge in [-0.25, -0.2) is 0 Å². The fourth-order valence-corrected chi connectivity index (χ4v) is 1.14. The average molecular weight is 166 g/mol. The van der Waals surface area contributed by atoms with Crippen molar-refractivity contribution in [2.24, 2.45) is 0 Å². The van der Waals surface area contributed by atoms with Gasteiger partial charge in [0.25, 0.3) is 0 Å². The molecule has 0 aromatic rings. The topological polar surface area (TPSA) is 24.1 Å². The molecule has 0 saturated carbocycles. The van der Waals surface area contributed by atoms with Gasteiger partial charge in [-0.3, -0.25) is 0 Å². The molecule has 1 heterocycles. The van der Waals surface area contributed by atoms with E-state index in [1.54, 1.807) is 0 Å². The first-order chi connectivity index (χ1) is 5.49. The summed E-state index contributed by atoms with van der Waals surface area (Å²) in [5, 5.41) is 6.73. The molecule has 0 radical (unpaired) electrons. The molecule has 1 aliphatic heterocycles. The molecule has 0 bridgehead atoms. The Morgan fingerprint density at radius 2 is 2.08 bits per heavy atom. The third-order valence-corrected chi connectivity index (χ3v) is 1.66. The van der Waals surface area contributed by atoms with Crippen LogP contribution in [0.5, 0.6) is 0 Å². The van der Waals surface area contributed by atoms with Crippen LogP contribution in [0.25, 0.3) is 0 Å². The molecule has 0 fully saturated rings. The lowest BCUT2D eigenvalue weighted by Crippen LogP contribution is -2.41. The second-order valence-corrected chi connectivity index (χ2v) is 4.22. The Hall–Kier alpha value is -0.920. The maximum atomic E-state index is 3.43.